The van der Waals surface area contributed by atoms with E-state index in [4.69, 9.17) is 4.74 Å². The summed E-state index contributed by atoms with van der Waals surface area (Å²) in [5.74, 6) is -0.465. The van der Waals surface area contributed by atoms with Gasteiger partial charge in [-0.15, -0.1) is 0 Å². The highest BCUT2D eigenvalue weighted by Crippen LogP contribution is 2.31. The minimum atomic E-state index is -3.33. The second-order valence-electron chi connectivity index (χ2n) is 6.03. The predicted molar refractivity (Wildman–Crippen MR) is 98.0 cm³/mol. The fraction of sp³-hybridized carbons (Fsp3) is 0.222. The number of amides is 1. The molecule has 1 heterocycles. The third-order valence-corrected chi connectivity index (χ3v) is 5.11. The highest BCUT2D eigenvalue weighted by Gasteiger charge is 2.27. The van der Waals surface area contributed by atoms with E-state index in [0.29, 0.717) is 35.7 Å². The molecule has 26 heavy (non-hydrogen) atoms. The molecule has 0 atom stereocenters. The van der Waals surface area contributed by atoms with Gasteiger partial charge >= 0.3 is 5.97 Å². The predicted octanol–water partition coefficient (Wildman–Crippen LogP) is 2.19. The van der Waals surface area contributed by atoms with Crippen LogP contribution in [0.4, 0.5) is 11.4 Å². The zero-order chi connectivity index (χ0) is 18.9. The molecule has 0 spiro atoms. The van der Waals surface area contributed by atoms with Gasteiger partial charge in [0.15, 0.2) is 0 Å². The average Bonchev–Trinajstić information content (AvgIpc) is 2.97. The molecule has 0 unspecified atom stereocenters. The van der Waals surface area contributed by atoms with E-state index in [2.05, 4.69) is 5.32 Å². The Kier molecular flexibility index (Phi) is 4.69. The van der Waals surface area contributed by atoms with Crippen molar-refractivity contribution in [3.8, 4) is 5.75 Å². The number of hydrogen-bond acceptors (Lipinski definition) is 5. The number of hydrogen-bond donors (Lipinski definition) is 1. The van der Waals surface area contributed by atoms with E-state index in [1.807, 2.05) is 0 Å². The molecule has 1 aliphatic rings. The second kappa shape index (κ2) is 6.80. The summed E-state index contributed by atoms with van der Waals surface area (Å²) in [5.41, 5.74) is 2.25. The van der Waals surface area contributed by atoms with Crippen molar-refractivity contribution in [3.05, 3.63) is 53.6 Å². The molecule has 0 saturated carbocycles. The van der Waals surface area contributed by atoms with Crippen molar-refractivity contribution in [2.24, 2.45) is 0 Å². The maximum atomic E-state index is 12.4. The summed E-state index contributed by atoms with van der Waals surface area (Å²) in [6.07, 6.45) is 1.70. The zero-order valence-corrected chi connectivity index (χ0v) is 15.2. The van der Waals surface area contributed by atoms with Crippen LogP contribution in [0, 0.1) is 0 Å². The Hall–Kier alpha value is -2.87. The maximum Gasteiger partial charge on any atom is 0.343 e. The minimum Gasteiger partial charge on any atom is -0.423 e. The van der Waals surface area contributed by atoms with E-state index >= 15 is 0 Å². The summed E-state index contributed by atoms with van der Waals surface area (Å²) in [5, 5.41) is 2.62. The third-order valence-electron chi connectivity index (χ3n) is 3.93. The Morgan fingerprint density at radius 3 is 2.62 bits per heavy atom. The van der Waals surface area contributed by atoms with Gasteiger partial charge in [-0.3, -0.25) is 9.10 Å². The number of fused-ring (bicyclic) bond motifs is 1. The van der Waals surface area contributed by atoms with Crippen molar-refractivity contribution in [2.75, 3.05) is 22.4 Å². The molecule has 7 nitrogen and oxygen atoms in total. The molecular weight excluding hydrogens is 356 g/mol. The fourth-order valence-electron chi connectivity index (χ4n) is 2.85. The highest BCUT2D eigenvalue weighted by molar-refractivity contribution is 7.92. The first-order chi connectivity index (χ1) is 12.2. The molecule has 2 aromatic rings. The summed E-state index contributed by atoms with van der Waals surface area (Å²) in [7, 11) is -3.33. The van der Waals surface area contributed by atoms with Crippen LogP contribution in [0.3, 0.4) is 0 Å². The lowest BCUT2D eigenvalue weighted by atomic mass is 10.1. The Bertz CT molecular complexity index is 985. The van der Waals surface area contributed by atoms with Crippen LogP contribution in [-0.2, 0) is 21.2 Å². The summed E-state index contributed by atoms with van der Waals surface area (Å²) in [4.78, 5) is 23.5. The molecule has 0 bridgehead atoms. The van der Waals surface area contributed by atoms with Gasteiger partial charge in [0.05, 0.1) is 17.5 Å². The molecule has 0 saturated heterocycles. The number of nitrogens with zero attached hydrogens (tertiary/aromatic N) is 1. The summed E-state index contributed by atoms with van der Waals surface area (Å²) in [6.45, 7) is 1.76. The van der Waals surface area contributed by atoms with Gasteiger partial charge in [0.25, 0.3) is 0 Å². The molecule has 2 aromatic carbocycles. The molecule has 0 radical (unpaired) electrons. The minimum absolute atomic E-state index is 0.220. The molecule has 136 valence electrons. The number of carbonyl (C=O) groups excluding carboxylic acids is 2. The largest absolute Gasteiger partial charge is 0.423 e. The smallest absolute Gasteiger partial charge is 0.343 e. The molecule has 1 aliphatic heterocycles. The number of carbonyl (C=O) groups is 2. The van der Waals surface area contributed by atoms with E-state index in [1.165, 1.54) is 11.2 Å². The monoisotopic (exact) mass is 374 g/mol. The van der Waals surface area contributed by atoms with Crippen LogP contribution in [0.25, 0.3) is 0 Å². The number of sulfonamides is 1. The van der Waals surface area contributed by atoms with Crippen molar-refractivity contribution in [3.63, 3.8) is 0 Å². The van der Waals surface area contributed by atoms with E-state index in [9.17, 15) is 18.0 Å². The van der Waals surface area contributed by atoms with Crippen molar-refractivity contribution >= 4 is 33.3 Å². The number of benzene rings is 2. The van der Waals surface area contributed by atoms with Gasteiger partial charge in [-0.2, -0.15) is 0 Å². The number of ether oxygens (including phenoxy) is 1. The third kappa shape index (κ3) is 3.85. The van der Waals surface area contributed by atoms with Crippen molar-refractivity contribution in [1.29, 1.82) is 0 Å². The molecule has 0 fully saturated rings. The standard InChI is InChI=1S/C18H18N2O5S/c1-12(21)19-15-4-3-5-16(11-15)25-18(22)14-6-7-17-13(10-14)8-9-20(17)26(2,23)24/h3-7,10-11H,8-9H2,1-2H3,(H,19,21). The SMILES string of the molecule is CC(=O)Nc1cccc(OC(=O)c2ccc3c(c2)CCN3S(C)(=O)=O)c1. The lowest BCUT2D eigenvalue weighted by Crippen LogP contribution is -2.27. The fourth-order valence-corrected chi connectivity index (χ4v) is 3.81. The maximum absolute atomic E-state index is 12.4. The number of anilines is 2. The first kappa shape index (κ1) is 17.9. The number of esters is 1. The van der Waals surface area contributed by atoms with Gasteiger partial charge in [-0.1, -0.05) is 6.07 Å². The van der Waals surface area contributed by atoms with Crippen LogP contribution >= 0.6 is 0 Å². The van der Waals surface area contributed by atoms with Gasteiger partial charge < -0.3 is 10.1 Å². The Morgan fingerprint density at radius 1 is 1.15 bits per heavy atom. The number of nitrogens with one attached hydrogen (secondary N) is 1. The summed E-state index contributed by atoms with van der Waals surface area (Å²) in [6, 6.07) is 11.3. The van der Waals surface area contributed by atoms with Gasteiger partial charge in [0, 0.05) is 25.2 Å². The van der Waals surface area contributed by atoms with Crippen LogP contribution in [0.1, 0.15) is 22.8 Å². The molecule has 3 rings (SSSR count). The Labute approximate surface area is 151 Å². The van der Waals surface area contributed by atoms with Crippen LogP contribution in [0.2, 0.25) is 0 Å². The molecule has 0 aromatic heterocycles. The molecule has 8 heteroatoms. The quantitative estimate of drug-likeness (QED) is 0.654. The zero-order valence-electron chi connectivity index (χ0n) is 14.4. The van der Waals surface area contributed by atoms with Crippen molar-refractivity contribution in [2.45, 2.75) is 13.3 Å². The average molecular weight is 374 g/mol. The van der Waals surface area contributed by atoms with Gasteiger partial charge in [-0.05, 0) is 42.3 Å². The van der Waals surface area contributed by atoms with Gasteiger partial charge in [-0.25, -0.2) is 13.2 Å². The van der Waals surface area contributed by atoms with Crippen LogP contribution in [0.15, 0.2) is 42.5 Å². The molecular formula is C18H18N2O5S. The number of rotatable bonds is 4. The molecule has 0 aliphatic carbocycles. The Balaban J connectivity index is 1.79. The van der Waals surface area contributed by atoms with Gasteiger partial charge in [0.1, 0.15) is 5.75 Å². The lowest BCUT2D eigenvalue weighted by Gasteiger charge is -2.16. The first-order valence-electron chi connectivity index (χ1n) is 7.94. The first-order valence-corrected chi connectivity index (χ1v) is 9.79. The van der Waals surface area contributed by atoms with Gasteiger partial charge in [0.2, 0.25) is 15.9 Å². The van der Waals surface area contributed by atoms with Crippen LogP contribution in [0.5, 0.6) is 5.75 Å². The van der Waals surface area contributed by atoms with E-state index in [-0.39, 0.29) is 5.91 Å². The Morgan fingerprint density at radius 2 is 1.92 bits per heavy atom. The van der Waals surface area contributed by atoms with Crippen LogP contribution in [-0.4, -0.2) is 33.1 Å². The van der Waals surface area contributed by atoms with E-state index in [1.54, 1.807) is 42.5 Å². The second-order valence-corrected chi connectivity index (χ2v) is 7.93. The van der Waals surface area contributed by atoms with Crippen molar-refractivity contribution in [1.82, 2.24) is 0 Å². The molecule has 1 N–H and O–H groups in total. The normalized spacial score (nSPS) is 13.2. The van der Waals surface area contributed by atoms with Crippen molar-refractivity contribution < 1.29 is 22.7 Å². The van der Waals surface area contributed by atoms with E-state index in [0.717, 1.165) is 11.8 Å². The molecule has 1 amide bonds. The summed E-state index contributed by atoms with van der Waals surface area (Å²) < 4.78 is 30.2. The topological polar surface area (TPSA) is 92.8 Å². The van der Waals surface area contributed by atoms with Crippen LogP contribution < -0.4 is 14.4 Å². The summed E-state index contributed by atoms with van der Waals surface area (Å²) >= 11 is 0. The highest BCUT2D eigenvalue weighted by atomic mass is 32.2. The van der Waals surface area contributed by atoms with E-state index < -0.39 is 16.0 Å². The lowest BCUT2D eigenvalue weighted by molar-refractivity contribution is -0.114.